The van der Waals surface area contributed by atoms with Crippen molar-refractivity contribution in [3.05, 3.63) is 28.2 Å². The second-order valence-corrected chi connectivity index (χ2v) is 7.56. The molecule has 1 fully saturated rings. The van der Waals surface area contributed by atoms with E-state index in [9.17, 15) is 0 Å². The summed E-state index contributed by atoms with van der Waals surface area (Å²) in [5.74, 6) is 0. The topological polar surface area (TPSA) is 15.3 Å². The molecule has 0 bridgehead atoms. The van der Waals surface area contributed by atoms with Gasteiger partial charge < -0.3 is 10.2 Å². The Hall–Kier alpha value is -0.540. The molecule has 3 heteroatoms. The molecule has 1 N–H and O–H groups in total. The average Bonchev–Trinajstić information content (AvgIpc) is 2.67. The first-order valence-electron chi connectivity index (χ1n) is 7.14. The molecule has 0 amide bonds. The normalized spacial score (nSPS) is 18.3. The standard InChI is InChI=1S/C16H25BrN2/c1-12(2)18-10-13-9-14(17)5-6-15(13)19-8-7-16(3,4)11-19/h5-6,9,12,18H,7-8,10-11H2,1-4H3. The number of hydrogen-bond acceptors (Lipinski definition) is 2. The highest BCUT2D eigenvalue weighted by molar-refractivity contribution is 9.10. The first-order valence-corrected chi connectivity index (χ1v) is 7.93. The van der Waals surface area contributed by atoms with Gasteiger partial charge in [-0.25, -0.2) is 0 Å². The monoisotopic (exact) mass is 324 g/mol. The first-order chi connectivity index (χ1) is 8.87. The van der Waals surface area contributed by atoms with Crippen LogP contribution in [-0.4, -0.2) is 19.1 Å². The van der Waals surface area contributed by atoms with Crippen molar-refractivity contribution in [2.24, 2.45) is 5.41 Å². The van der Waals surface area contributed by atoms with E-state index < -0.39 is 0 Å². The zero-order valence-electron chi connectivity index (χ0n) is 12.5. The van der Waals surface area contributed by atoms with Gasteiger partial charge in [0.05, 0.1) is 0 Å². The Bertz CT molecular complexity index is 440. The van der Waals surface area contributed by atoms with E-state index in [1.807, 2.05) is 0 Å². The molecule has 0 radical (unpaired) electrons. The summed E-state index contributed by atoms with van der Waals surface area (Å²) in [6.45, 7) is 12.4. The van der Waals surface area contributed by atoms with Crippen LogP contribution in [-0.2, 0) is 6.54 Å². The molecule has 19 heavy (non-hydrogen) atoms. The molecular formula is C16H25BrN2. The van der Waals surface area contributed by atoms with Gasteiger partial charge in [0.25, 0.3) is 0 Å². The van der Waals surface area contributed by atoms with Crippen LogP contribution in [0.25, 0.3) is 0 Å². The van der Waals surface area contributed by atoms with Gasteiger partial charge in [-0.3, -0.25) is 0 Å². The zero-order chi connectivity index (χ0) is 14.0. The lowest BCUT2D eigenvalue weighted by molar-refractivity contribution is 0.418. The lowest BCUT2D eigenvalue weighted by atomic mass is 9.93. The third-order valence-corrected chi connectivity index (χ3v) is 4.25. The maximum atomic E-state index is 3.59. The smallest absolute Gasteiger partial charge is 0.0412 e. The Labute approximate surface area is 125 Å². The van der Waals surface area contributed by atoms with Crippen molar-refractivity contribution in [3.8, 4) is 0 Å². The fourth-order valence-corrected chi connectivity index (χ4v) is 3.04. The van der Waals surface area contributed by atoms with E-state index in [-0.39, 0.29) is 0 Å². The van der Waals surface area contributed by atoms with Gasteiger partial charge in [0.1, 0.15) is 0 Å². The molecular weight excluding hydrogens is 300 g/mol. The molecule has 1 aliphatic rings. The van der Waals surface area contributed by atoms with Gasteiger partial charge in [0, 0.05) is 35.8 Å². The minimum atomic E-state index is 0.440. The Morgan fingerprint density at radius 2 is 2.11 bits per heavy atom. The molecule has 2 nitrogen and oxygen atoms in total. The number of nitrogens with one attached hydrogen (secondary N) is 1. The number of rotatable bonds is 4. The summed E-state index contributed by atoms with van der Waals surface area (Å²) in [7, 11) is 0. The van der Waals surface area contributed by atoms with Gasteiger partial charge in [-0.2, -0.15) is 0 Å². The van der Waals surface area contributed by atoms with E-state index in [4.69, 9.17) is 0 Å². The van der Waals surface area contributed by atoms with E-state index in [2.05, 4.69) is 72.0 Å². The van der Waals surface area contributed by atoms with Crippen LogP contribution in [0.2, 0.25) is 0 Å². The Kier molecular flexibility index (Phi) is 4.57. The van der Waals surface area contributed by atoms with E-state index in [0.717, 1.165) is 17.6 Å². The fraction of sp³-hybridized carbons (Fsp3) is 0.625. The number of benzene rings is 1. The van der Waals surface area contributed by atoms with Gasteiger partial charge in [0.2, 0.25) is 0 Å². The van der Waals surface area contributed by atoms with Crippen molar-refractivity contribution < 1.29 is 0 Å². The molecule has 0 aliphatic carbocycles. The molecule has 1 aliphatic heterocycles. The van der Waals surface area contributed by atoms with E-state index >= 15 is 0 Å². The fourth-order valence-electron chi connectivity index (χ4n) is 2.64. The van der Waals surface area contributed by atoms with E-state index in [1.54, 1.807) is 0 Å². The molecule has 0 atom stereocenters. The van der Waals surface area contributed by atoms with Crippen molar-refractivity contribution in [2.45, 2.75) is 46.7 Å². The highest BCUT2D eigenvalue weighted by Gasteiger charge is 2.30. The maximum absolute atomic E-state index is 3.59. The van der Waals surface area contributed by atoms with E-state index in [1.165, 1.54) is 24.2 Å². The predicted molar refractivity (Wildman–Crippen MR) is 86.7 cm³/mol. The average molecular weight is 325 g/mol. The Morgan fingerprint density at radius 3 is 2.68 bits per heavy atom. The first kappa shape index (κ1) is 14.9. The molecule has 1 aromatic rings. The number of hydrogen-bond donors (Lipinski definition) is 1. The molecule has 2 rings (SSSR count). The molecule has 1 saturated heterocycles. The summed E-state index contributed by atoms with van der Waals surface area (Å²) < 4.78 is 1.16. The predicted octanol–water partition coefficient (Wildman–Crippen LogP) is 4.18. The summed E-state index contributed by atoms with van der Waals surface area (Å²) in [5.41, 5.74) is 3.22. The third kappa shape index (κ3) is 3.96. The van der Waals surface area contributed by atoms with Crippen LogP contribution in [0.15, 0.2) is 22.7 Å². The molecule has 106 valence electrons. The van der Waals surface area contributed by atoms with Gasteiger partial charge in [0.15, 0.2) is 0 Å². The largest absolute Gasteiger partial charge is 0.371 e. The van der Waals surface area contributed by atoms with Gasteiger partial charge >= 0.3 is 0 Å². The molecule has 0 saturated carbocycles. The highest BCUT2D eigenvalue weighted by Crippen LogP contribution is 2.35. The second kappa shape index (κ2) is 5.84. The molecule has 1 heterocycles. The SMILES string of the molecule is CC(C)NCc1cc(Br)ccc1N1CCC(C)(C)C1. The number of anilines is 1. The molecule has 0 aromatic heterocycles. The van der Waals surface area contributed by atoms with Gasteiger partial charge in [-0.05, 0) is 35.6 Å². The summed E-state index contributed by atoms with van der Waals surface area (Å²) in [6.07, 6.45) is 1.28. The van der Waals surface area contributed by atoms with Crippen molar-refractivity contribution >= 4 is 21.6 Å². The lowest BCUT2D eigenvalue weighted by Crippen LogP contribution is -2.26. The van der Waals surface area contributed by atoms with Crippen molar-refractivity contribution in [3.63, 3.8) is 0 Å². The van der Waals surface area contributed by atoms with Crippen LogP contribution in [0.1, 0.15) is 39.7 Å². The van der Waals surface area contributed by atoms with Crippen LogP contribution in [0, 0.1) is 5.41 Å². The van der Waals surface area contributed by atoms with Crippen LogP contribution in [0.5, 0.6) is 0 Å². The second-order valence-electron chi connectivity index (χ2n) is 6.64. The highest BCUT2D eigenvalue weighted by atomic mass is 79.9. The molecule has 1 aromatic carbocycles. The summed E-state index contributed by atoms with van der Waals surface area (Å²) >= 11 is 3.59. The molecule has 0 spiro atoms. The number of nitrogens with zero attached hydrogens (tertiary/aromatic N) is 1. The minimum Gasteiger partial charge on any atom is -0.371 e. The molecule has 0 unspecified atom stereocenters. The Morgan fingerprint density at radius 1 is 1.37 bits per heavy atom. The van der Waals surface area contributed by atoms with Crippen molar-refractivity contribution in [2.75, 3.05) is 18.0 Å². The quantitative estimate of drug-likeness (QED) is 0.893. The third-order valence-electron chi connectivity index (χ3n) is 3.76. The maximum Gasteiger partial charge on any atom is 0.0412 e. The van der Waals surface area contributed by atoms with Crippen LogP contribution >= 0.6 is 15.9 Å². The van der Waals surface area contributed by atoms with Crippen LogP contribution in [0.3, 0.4) is 0 Å². The van der Waals surface area contributed by atoms with Gasteiger partial charge in [-0.1, -0.05) is 43.6 Å². The minimum absolute atomic E-state index is 0.440. The van der Waals surface area contributed by atoms with E-state index in [0.29, 0.717) is 11.5 Å². The summed E-state index contributed by atoms with van der Waals surface area (Å²) in [6, 6.07) is 7.17. The van der Waals surface area contributed by atoms with Crippen LogP contribution in [0.4, 0.5) is 5.69 Å². The Balaban J connectivity index is 2.19. The lowest BCUT2D eigenvalue weighted by Gasteiger charge is -2.25. The summed E-state index contributed by atoms with van der Waals surface area (Å²) in [5, 5.41) is 3.53. The van der Waals surface area contributed by atoms with Crippen LogP contribution < -0.4 is 10.2 Å². The van der Waals surface area contributed by atoms with Crippen molar-refractivity contribution in [1.82, 2.24) is 5.32 Å². The zero-order valence-corrected chi connectivity index (χ0v) is 14.0. The van der Waals surface area contributed by atoms with Gasteiger partial charge in [-0.15, -0.1) is 0 Å². The number of halogens is 1. The summed E-state index contributed by atoms with van der Waals surface area (Å²) in [4.78, 5) is 2.53. The van der Waals surface area contributed by atoms with Crippen molar-refractivity contribution in [1.29, 1.82) is 0 Å².